The summed E-state index contributed by atoms with van der Waals surface area (Å²) in [5.74, 6) is 0.335. The summed E-state index contributed by atoms with van der Waals surface area (Å²) in [7, 11) is 0. The summed E-state index contributed by atoms with van der Waals surface area (Å²) >= 11 is 5.90. The lowest BCUT2D eigenvalue weighted by Gasteiger charge is -2.32. The average Bonchev–Trinajstić information content (AvgIpc) is 2.66. The zero-order chi connectivity index (χ0) is 19.4. The molecular formula is C18H18ClF3N4O. The first-order valence-electron chi connectivity index (χ1n) is 8.50. The summed E-state index contributed by atoms with van der Waals surface area (Å²) in [5, 5.41) is 2.53. The molecule has 2 aromatic rings. The normalized spacial score (nSPS) is 17.6. The molecule has 5 nitrogen and oxygen atoms in total. The monoisotopic (exact) mass is 398 g/mol. The number of rotatable bonds is 4. The number of hydrogen-bond donors (Lipinski definition) is 1. The van der Waals surface area contributed by atoms with Gasteiger partial charge in [0.2, 0.25) is 0 Å². The fraction of sp³-hybridized carbons (Fsp3) is 0.389. The standard InChI is InChI=1S/C18H18ClF3N4O/c19-13-4-5-14(15(9-13)25-11-18(20,21)22)17(27)26-8-1-3-12(10-26)16-23-6-2-7-24-16/h2,4-7,9,12,25H,1,3,8,10-11H2. The molecule has 144 valence electrons. The highest BCUT2D eigenvalue weighted by Gasteiger charge is 2.30. The summed E-state index contributed by atoms with van der Waals surface area (Å²) < 4.78 is 37.7. The van der Waals surface area contributed by atoms with E-state index in [1.807, 2.05) is 0 Å². The van der Waals surface area contributed by atoms with Crippen molar-refractivity contribution in [3.63, 3.8) is 0 Å². The van der Waals surface area contributed by atoms with Crippen molar-refractivity contribution >= 4 is 23.2 Å². The van der Waals surface area contributed by atoms with Crippen LogP contribution in [-0.2, 0) is 0 Å². The molecular weight excluding hydrogens is 381 g/mol. The zero-order valence-corrected chi connectivity index (χ0v) is 15.1. The number of halogens is 4. The number of hydrogen-bond acceptors (Lipinski definition) is 4. The Balaban J connectivity index is 1.78. The molecule has 27 heavy (non-hydrogen) atoms. The summed E-state index contributed by atoms with van der Waals surface area (Å²) in [6, 6.07) is 6.01. The molecule has 0 radical (unpaired) electrons. The quantitative estimate of drug-likeness (QED) is 0.841. The second-order valence-electron chi connectivity index (χ2n) is 6.36. The van der Waals surface area contributed by atoms with E-state index in [9.17, 15) is 18.0 Å². The van der Waals surface area contributed by atoms with Crippen molar-refractivity contribution in [3.8, 4) is 0 Å². The Hall–Kier alpha value is -2.35. The number of aromatic nitrogens is 2. The number of nitrogens with one attached hydrogen (secondary N) is 1. The van der Waals surface area contributed by atoms with E-state index < -0.39 is 12.7 Å². The van der Waals surface area contributed by atoms with Crippen LogP contribution in [0.4, 0.5) is 18.9 Å². The highest BCUT2D eigenvalue weighted by Crippen LogP contribution is 2.29. The van der Waals surface area contributed by atoms with Gasteiger partial charge in [0.1, 0.15) is 12.4 Å². The predicted octanol–water partition coefficient (Wildman–Crippen LogP) is 4.12. The van der Waals surface area contributed by atoms with Crippen LogP contribution in [0.5, 0.6) is 0 Å². The third-order valence-electron chi connectivity index (χ3n) is 4.35. The van der Waals surface area contributed by atoms with E-state index >= 15 is 0 Å². The van der Waals surface area contributed by atoms with Crippen LogP contribution in [0.1, 0.15) is 34.9 Å². The Morgan fingerprint density at radius 2 is 2.04 bits per heavy atom. The van der Waals surface area contributed by atoms with Crippen LogP contribution in [0.25, 0.3) is 0 Å². The molecule has 1 amide bonds. The molecule has 3 rings (SSSR count). The molecule has 2 heterocycles. The molecule has 1 aromatic heterocycles. The number of benzene rings is 1. The van der Waals surface area contributed by atoms with Gasteiger partial charge >= 0.3 is 6.18 Å². The number of anilines is 1. The van der Waals surface area contributed by atoms with Gasteiger partial charge in [0.25, 0.3) is 5.91 Å². The Bertz CT molecular complexity index is 801. The molecule has 1 fully saturated rings. The number of carbonyl (C=O) groups excluding carboxylic acids is 1. The van der Waals surface area contributed by atoms with Crippen molar-refractivity contribution in [1.82, 2.24) is 14.9 Å². The Morgan fingerprint density at radius 1 is 1.30 bits per heavy atom. The van der Waals surface area contributed by atoms with Crippen LogP contribution >= 0.6 is 11.6 Å². The van der Waals surface area contributed by atoms with Crippen LogP contribution in [0.2, 0.25) is 5.02 Å². The van der Waals surface area contributed by atoms with Crippen LogP contribution < -0.4 is 5.32 Å². The summed E-state index contributed by atoms with van der Waals surface area (Å²) in [5.41, 5.74) is 0.237. The third kappa shape index (κ3) is 5.09. The molecule has 1 aliphatic heterocycles. The van der Waals surface area contributed by atoms with E-state index in [1.54, 1.807) is 23.4 Å². The molecule has 1 aromatic carbocycles. The van der Waals surface area contributed by atoms with Crippen LogP contribution in [-0.4, -0.2) is 46.6 Å². The van der Waals surface area contributed by atoms with Crippen molar-refractivity contribution in [2.75, 3.05) is 25.0 Å². The minimum atomic E-state index is -4.40. The van der Waals surface area contributed by atoms with E-state index in [0.29, 0.717) is 18.9 Å². The van der Waals surface area contributed by atoms with Gasteiger partial charge in [0, 0.05) is 42.1 Å². The number of likely N-dealkylation sites (tertiary alicyclic amines) is 1. The molecule has 1 aliphatic rings. The van der Waals surface area contributed by atoms with Crippen molar-refractivity contribution in [3.05, 3.63) is 53.1 Å². The Kier molecular flexibility index (Phi) is 5.84. The maximum Gasteiger partial charge on any atom is 0.405 e. The maximum absolute atomic E-state index is 13.0. The SMILES string of the molecule is O=C(c1ccc(Cl)cc1NCC(F)(F)F)N1CCCC(c2ncccn2)C1. The Morgan fingerprint density at radius 3 is 2.74 bits per heavy atom. The van der Waals surface area contributed by atoms with Gasteiger partial charge in [0.05, 0.1) is 5.56 Å². The van der Waals surface area contributed by atoms with Gasteiger partial charge in [-0.1, -0.05) is 11.6 Å². The lowest BCUT2D eigenvalue weighted by Crippen LogP contribution is -2.40. The van der Waals surface area contributed by atoms with E-state index in [0.717, 1.165) is 12.8 Å². The third-order valence-corrected chi connectivity index (χ3v) is 4.59. The minimum Gasteiger partial charge on any atom is -0.376 e. The van der Waals surface area contributed by atoms with E-state index in [-0.39, 0.29) is 28.1 Å². The first-order valence-corrected chi connectivity index (χ1v) is 8.87. The van der Waals surface area contributed by atoms with Crippen LogP contribution in [0.3, 0.4) is 0 Å². The van der Waals surface area contributed by atoms with E-state index in [2.05, 4.69) is 15.3 Å². The lowest BCUT2D eigenvalue weighted by atomic mass is 9.96. The van der Waals surface area contributed by atoms with Crippen molar-refractivity contribution in [1.29, 1.82) is 0 Å². The number of piperidine rings is 1. The molecule has 0 bridgehead atoms. The van der Waals surface area contributed by atoms with E-state index in [4.69, 9.17) is 11.6 Å². The average molecular weight is 399 g/mol. The molecule has 0 aliphatic carbocycles. The van der Waals surface area contributed by atoms with Crippen LogP contribution in [0, 0.1) is 0 Å². The fourth-order valence-corrected chi connectivity index (χ4v) is 3.28. The van der Waals surface area contributed by atoms with E-state index in [1.165, 1.54) is 18.2 Å². The molecule has 9 heteroatoms. The predicted molar refractivity (Wildman–Crippen MR) is 95.9 cm³/mol. The topological polar surface area (TPSA) is 58.1 Å². The van der Waals surface area contributed by atoms with Gasteiger partial charge in [-0.25, -0.2) is 9.97 Å². The zero-order valence-electron chi connectivity index (χ0n) is 14.3. The van der Waals surface area contributed by atoms with Gasteiger partial charge in [-0.15, -0.1) is 0 Å². The van der Waals surface area contributed by atoms with Gasteiger partial charge in [0.15, 0.2) is 0 Å². The lowest BCUT2D eigenvalue weighted by molar-refractivity contribution is -0.115. The van der Waals surface area contributed by atoms with Gasteiger partial charge < -0.3 is 10.2 Å². The molecule has 0 saturated carbocycles. The second kappa shape index (κ2) is 8.12. The van der Waals surface area contributed by atoms with Gasteiger partial charge in [-0.3, -0.25) is 4.79 Å². The first-order chi connectivity index (χ1) is 12.8. The number of amides is 1. The summed E-state index contributed by atoms with van der Waals surface area (Å²) in [6.07, 6.45) is 0.535. The molecule has 1 N–H and O–H groups in total. The number of carbonyl (C=O) groups is 1. The van der Waals surface area contributed by atoms with Crippen LogP contribution in [0.15, 0.2) is 36.7 Å². The van der Waals surface area contributed by atoms with Crippen molar-refractivity contribution in [2.24, 2.45) is 0 Å². The van der Waals surface area contributed by atoms with Crippen molar-refractivity contribution < 1.29 is 18.0 Å². The Labute approximate surface area is 159 Å². The fourth-order valence-electron chi connectivity index (χ4n) is 3.11. The van der Waals surface area contributed by atoms with Crippen molar-refractivity contribution in [2.45, 2.75) is 24.9 Å². The summed E-state index contributed by atoms with van der Waals surface area (Å²) in [6.45, 7) is -0.290. The largest absolute Gasteiger partial charge is 0.405 e. The molecule has 1 atom stereocenters. The highest BCUT2D eigenvalue weighted by atomic mass is 35.5. The van der Waals surface area contributed by atoms with Gasteiger partial charge in [-0.2, -0.15) is 13.2 Å². The molecule has 1 saturated heterocycles. The minimum absolute atomic E-state index is 0.00258. The van der Waals surface area contributed by atoms with Gasteiger partial charge in [-0.05, 0) is 37.1 Å². The summed E-state index contributed by atoms with van der Waals surface area (Å²) in [4.78, 5) is 23.1. The highest BCUT2D eigenvalue weighted by molar-refractivity contribution is 6.31. The number of alkyl halides is 3. The first kappa shape index (κ1) is 19.4. The second-order valence-corrected chi connectivity index (χ2v) is 6.79. The molecule has 0 spiro atoms. The molecule has 1 unspecified atom stereocenters. The maximum atomic E-state index is 13.0. The smallest absolute Gasteiger partial charge is 0.376 e. The number of nitrogens with zero attached hydrogens (tertiary/aromatic N) is 3.